The van der Waals surface area contributed by atoms with Gasteiger partial charge in [0.1, 0.15) is 17.4 Å². The molecule has 2 N–H and O–H groups in total. The van der Waals surface area contributed by atoms with Crippen LogP contribution in [0.2, 0.25) is 0 Å². The summed E-state index contributed by atoms with van der Waals surface area (Å²) in [6.07, 6.45) is 17.3. The zero-order valence-electron chi connectivity index (χ0n) is 49.2. The van der Waals surface area contributed by atoms with Crippen LogP contribution in [0, 0.1) is 17.8 Å². The molecule has 10 heteroatoms. The highest BCUT2D eigenvalue weighted by Gasteiger charge is 2.40. The number of ketones is 2. The van der Waals surface area contributed by atoms with Crippen LogP contribution in [0.4, 0.5) is 0 Å². The molecule has 3 aromatic rings. The number of nitrogens with zero attached hydrogens (tertiary/aromatic N) is 1. The van der Waals surface area contributed by atoms with Crippen molar-refractivity contribution in [2.45, 2.75) is 239 Å². The fourth-order valence-corrected chi connectivity index (χ4v) is 6.59. The summed E-state index contributed by atoms with van der Waals surface area (Å²) in [5.74, 6) is 1.06. The molecule has 0 saturated heterocycles. The molecule has 2 aromatic carbocycles. The summed E-state index contributed by atoms with van der Waals surface area (Å²) >= 11 is 0. The third-order valence-corrected chi connectivity index (χ3v) is 11.0. The smallest absolute Gasteiger partial charge is 0.305 e. The fraction of sp³-hybridized carbons (Fsp3) is 0.694. The van der Waals surface area contributed by atoms with E-state index < -0.39 is 5.92 Å². The number of benzene rings is 2. The maximum atomic E-state index is 13.5. The normalized spacial score (nSPS) is 12.6. The number of unbranched alkanes of at least 4 members (excludes halogenated alkanes) is 4. The summed E-state index contributed by atoms with van der Waals surface area (Å²) in [6.45, 7) is 37.9. The van der Waals surface area contributed by atoms with Gasteiger partial charge in [-0.25, -0.2) is 0 Å². The number of aromatic nitrogens is 1. The van der Waals surface area contributed by atoms with Gasteiger partial charge in [-0.15, -0.1) is 0 Å². The Morgan fingerprint density at radius 1 is 0.542 bits per heavy atom. The number of fused-ring (bicyclic) bond motifs is 2. The van der Waals surface area contributed by atoms with Gasteiger partial charge in [0, 0.05) is 29.4 Å². The van der Waals surface area contributed by atoms with E-state index in [9.17, 15) is 19.2 Å². The number of carbonyl (C=O) groups is 4. The van der Waals surface area contributed by atoms with Crippen LogP contribution >= 0.6 is 0 Å². The van der Waals surface area contributed by atoms with Crippen molar-refractivity contribution in [3.8, 4) is 11.5 Å². The lowest BCUT2D eigenvalue weighted by atomic mass is 9.98. The Labute approximate surface area is 441 Å². The summed E-state index contributed by atoms with van der Waals surface area (Å²) in [6, 6.07) is 14.1. The van der Waals surface area contributed by atoms with Crippen molar-refractivity contribution in [3.63, 3.8) is 0 Å². The molecule has 3 atom stereocenters. The van der Waals surface area contributed by atoms with E-state index in [1.165, 1.54) is 25.7 Å². The average Bonchev–Trinajstić information content (AvgIpc) is 3.63. The van der Waals surface area contributed by atoms with Gasteiger partial charge in [-0.1, -0.05) is 188 Å². The zero-order valence-corrected chi connectivity index (χ0v) is 49.2. The molecule has 4 rings (SSSR count). The van der Waals surface area contributed by atoms with Gasteiger partial charge in [0.2, 0.25) is 0 Å². The van der Waals surface area contributed by atoms with Crippen molar-refractivity contribution in [2.75, 3.05) is 26.4 Å². The molecule has 1 aliphatic carbocycles. The third-order valence-electron chi connectivity index (χ3n) is 11.0. The van der Waals surface area contributed by atoms with Crippen molar-refractivity contribution in [1.82, 2.24) is 4.98 Å². The molecule has 416 valence electrons. The van der Waals surface area contributed by atoms with Gasteiger partial charge >= 0.3 is 11.9 Å². The number of Topliss-reactive ketones (excluding diaryl/α,β-unsaturated/α-hetero) is 2. The lowest BCUT2D eigenvalue weighted by molar-refractivity contribution is -0.146. The van der Waals surface area contributed by atoms with E-state index in [0.29, 0.717) is 104 Å². The van der Waals surface area contributed by atoms with Crippen molar-refractivity contribution in [1.29, 1.82) is 0 Å². The van der Waals surface area contributed by atoms with E-state index >= 15 is 0 Å². The van der Waals surface area contributed by atoms with E-state index in [2.05, 4.69) is 90.0 Å². The first kappa shape index (κ1) is 74.2. The molecule has 0 spiro atoms. The topological polar surface area (TPSA) is 150 Å². The number of esters is 2. The van der Waals surface area contributed by atoms with Crippen molar-refractivity contribution < 1.29 is 43.6 Å². The molecule has 1 aromatic heterocycles. The molecule has 1 aliphatic rings. The van der Waals surface area contributed by atoms with E-state index in [4.69, 9.17) is 23.9 Å². The third kappa shape index (κ3) is 33.4. The summed E-state index contributed by atoms with van der Waals surface area (Å²) in [4.78, 5) is 55.9. The van der Waals surface area contributed by atoms with Crippen LogP contribution in [0.5, 0.6) is 11.5 Å². The van der Waals surface area contributed by atoms with Gasteiger partial charge in [-0.2, -0.15) is 0 Å². The average molecular weight is 1010 g/mol. The molecular formula is C62H109NO9. The monoisotopic (exact) mass is 1010 g/mol. The molecule has 0 amide bonds. The molecule has 1 heterocycles. The fourth-order valence-electron chi connectivity index (χ4n) is 6.59. The Morgan fingerprint density at radius 3 is 1.38 bits per heavy atom. The summed E-state index contributed by atoms with van der Waals surface area (Å²) in [5.41, 5.74) is 1.78. The number of pyridine rings is 1. The van der Waals surface area contributed by atoms with Crippen LogP contribution in [0.1, 0.15) is 266 Å². The van der Waals surface area contributed by atoms with E-state index in [1.54, 1.807) is 24.3 Å². The van der Waals surface area contributed by atoms with Crippen LogP contribution in [0.3, 0.4) is 0 Å². The molecule has 0 fully saturated rings. The SMILES string of the molecule is CC.CC.CCC.CCC.CCC.CCC(C)C.CCCCC(CC)COC(=O)CCCCOc1ccc2c(c1)C(=O)C(c1ccc3cc(OCCCCC(=O)OCC(CC)CCCC)ccc3n1)C2=O.O. The first-order valence-electron chi connectivity index (χ1n) is 28.5. The number of carbonyl (C=O) groups excluding carboxylic acids is 4. The van der Waals surface area contributed by atoms with E-state index in [0.717, 1.165) is 69.1 Å². The maximum Gasteiger partial charge on any atom is 0.305 e. The van der Waals surface area contributed by atoms with Crippen LogP contribution < -0.4 is 9.47 Å². The van der Waals surface area contributed by atoms with Gasteiger partial charge in [0.05, 0.1) is 37.6 Å². The molecule has 0 radical (unpaired) electrons. The highest BCUT2D eigenvalue weighted by Crippen LogP contribution is 2.36. The quantitative estimate of drug-likeness (QED) is 0.0435. The Bertz CT molecular complexity index is 1770. The Hall–Kier alpha value is -4.31. The predicted molar refractivity (Wildman–Crippen MR) is 306 cm³/mol. The van der Waals surface area contributed by atoms with Crippen molar-refractivity contribution in [2.24, 2.45) is 17.8 Å². The standard InChI is InChI=1S/C44H59NO8.C5H12.3C3H8.2C2H6.H2O/c1-5-9-15-31(7-3)29-52-40(46)17-11-13-25-50-34-21-24-38-33(27-34)19-23-39(45-38)42-43(48)36-22-20-35(28-37(36)44(42)49)51-26-14-12-18-41(47)53-30-32(8-4)16-10-6-2;1-4-5(2)3;3*1-3-2;2*1-2;/h19-24,27-28,31-32,42H,5-18,25-26,29-30H2,1-4H3;5H,4H2,1-3H3;3*3H2,1-2H3;2*1-2H3;1H2. The van der Waals surface area contributed by atoms with Crippen LogP contribution in [0.25, 0.3) is 10.9 Å². The van der Waals surface area contributed by atoms with Gasteiger partial charge in [0.15, 0.2) is 11.6 Å². The number of ether oxygens (including phenoxy) is 4. The summed E-state index contributed by atoms with van der Waals surface area (Å²) in [7, 11) is 0. The lowest BCUT2D eigenvalue weighted by Gasteiger charge is -2.14. The largest absolute Gasteiger partial charge is 0.494 e. The van der Waals surface area contributed by atoms with Crippen LogP contribution in [-0.4, -0.2) is 60.4 Å². The number of rotatable bonds is 26. The van der Waals surface area contributed by atoms with Gasteiger partial charge in [-0.3, -0.25) is 24.2 Å². The minimum Gasteiger partial charge on any atom is -0.494 e. The first-order chi connectivity index (χ1) is 34.3. The van der Waals surface area contributed by atoms with Crippen molar-refractivity contribution in [3.05, 3.63) is 65.4 Å². The molecule has 10 nitrogen and oxygen atoms in total. The summed E-state index contributed by atoms with van der Waals surface area (Å²) in [5, 5.41) is 0.833. The molecule has 72 heavy (non-hydrogen) atoms. The van der Waals surface area contributed by atoms with Crippen molar-refractivity contribution >= 4 is 34.4 Å². The second kappa shape index (κ2) is 50.2. The zero-order chi connectivity index (χ0) is 54.4. The van der Waals surface area contributed by atoms with Gasteiger partial charge in [-0.05, 0) is 98.7 Å². The maximum absolute atomic E-state index is 13.5. The Morgan fingerprint density at radius 2 is 0.958 bits per heavy atom. The highest BCUT2D eigenvalue weighted by atomic mass is 16.5. The Kier molecular flexibility index (Phi) is 51.8. The lowest BCUT2D eigenvalue weighted by Crippen LogP contribution is -2.14. The first-order valence-corrected chi connectivity index (χ1v) is 28.5. The highest BCUT2D eigenvalue weighted by molar-refractivity contribution is 6.29. The second-order valence-electron chi connectivity index (χ2n) is 18.2. The van der Waals surface area contributed by atoms with E-state index in [1.807, 2.05) is 52.0 Å². The van der Waals surface area contributed by atoms with Crippen LogP contribution in [0.15, 0.2) is 48.5 Å². The van der Waals surface area contributed by atoms with Gasteiger partial charge in [0.25, 0.3) is 0 Å². The minimum atomic E-state index is -1.00. The number of hydrogen-bond acceptors (Lipinski definition) is 9. The number of hydrogen-bond donors (Lipinski definition) is 0. The van der Waals surface area contributed by atoms with Gasteiger partial charge < -0.3 is 24.4 Å². The minimum absolute atomic E-state index is 0. The van der Waals surface area contributed by atoms with Crippen LogP contribution in [-0.2, 0) is 19.1 Å². The second-order valence-corrected chi connectivity index (χ2v) is 18.2. The molecular weight excluding hydrogens is 903 g/mol. The molecule has 3 unspecified atom stereocenters. The molecule has 0 bridgehead atoms. The molecule has 0 aliphatic heterocycles. The predicted octanol–water partition coefficient (Wildman–Crippen LogP) is 17.5. The summed E-state index contributed by atoms with van der Waals surface area (Å²) < 4.78 is 22.8. The Balaban J connectivity index is -0.00000106. The molecule has 0 saturated carbocycles. The van der Waals surface area contributed by atoms with E-state index in [-0.39, 0.29) is 29.0 Å².